The van der Waals surface area contributed by atoms with Crippen molar-refractivity contribution >= 4 is 5.82 Å². The summed E-state index contributed by atoms with van der Waals surface area (Å²) in [5, 5.41) is 4.61. The fourth-order valence-electron chi connectivity index (χ4n) is 5.96. The van der Waals surface area contributed by atoms with Crippen molar-refractivity contribution in [3.8, 4) is 11.3 Å². The second kappa shape index (κ2) is 7.13. The molecule has 0 aromatic carbocycles. The van der Waals surface area contributed by atoms with Crippen molar-refractivity contribution in [1.29, 1.82) is 0 Å². The summed E-state index contributed by atoms with van der Waals surface area (Å²) < 4.78 is 67.5. The van der Waals surface area contributed by atoms with Crippen molar-refractivity contribution in [2.75, 3.05) is 18.8 Å². The highest BCUT2D eigenvalue weighted by Gasteiger charge is 2.66. The molecule has 0 bridgehead atoms. The first kappa shape index (κ1) is 21.6. The molecule has 10 heteroatoms. The Morgan fingerprint density at radius 3 is 2.41 bits per heavy atom. The molecule has 2 aromatic heterocycles. The van der Waals surface area contributed by atoms with Crippen molar-refractivity contribution in [3.05, 3.63) is 29.6 Å². The molecule has 3 aliphatic rings. The van der Waals surface area contributed by atoms with Crippen LogP contribution in [0.2, 0.25) is 0 Å². The Labute approximate surface area is 182 Å². The monoisotopic (exact) mass is 455 g/mol. The van der Waals surface area contributed by atoms with Gasteiger partial charge < -0.3 is 5.73 Å². The molecule has 3 heterocycles. The summed E-state index contributed by atoms with van der Waals surface area (Å²) in [7, 11) is 0. The SMILES string of the molecule is CC(C)n1nc(-c2cnc(N)c(C(F)(F)F)c2)cc1[C@H]1[C@@H]2C[C@@]3(CCN3CC(F)F)C[C@@H]21. The zero-order valence-electron chi connectivity index (χ0n) is 17.9. The van der Waals surface area contributed by atoms with Crippen LogP contribution in [0.3, 0.4) is 0 Å². The number of hydrogen-bond acceptors (Lipinski definition) is 4. The van der Waals surface area contributed by atoms with Crippen LogP contribution in [0.25, 0.3) is 11.3 Å². The van der Waals surface area contributed by atoms with Gasteiger partial charge in [0.1, 0.15) is 5.82 Å². The Balaban J connectivity index is 1.40. The lowest BCUT2D eigenvalue weighted by atomic mass is 9.78. The van der Waals surface area contributed by atoms with E-state index >= 15 is 0 Å². The van der Waals surface area contributed by atoms with Gasteiger partial charge in [0.05, 0.1) is 17.8 Å². The molecular formula is C22H26F5N5. The number of nitrogen functional groups attached to an aromatic ring is 1. The van der Waals surface area contributed by atoms with E-state index < -0.39 is 24.0 Å². The minimum absolute atomic E-state index is 0.0388. The highest BCUT2D eigenvalue weighted by Crippen LogP contribution is 2.69. The number of anilines is 1. The first-order chi connectivity index (χ1) is 15.0. The van der Waals surface area contributed by atoms with E-state index in [9.17, 15) is 22.0 Å². The number of nitrogens with two attached hydrogens (primary N) is 1. The normalized spacial score (nSPS) is 29.7. The van der Waals surface area contributed by atoms with E-state index in [1.807, 2.05) is 29.5 Å². The van der Waals surface area contributed by atoms with E-state index in [-0.39, 0.29) is 29.6 Å². The van der Waals surface area contributed by atoms with Gasteiger partial charge in [-0.05, 0) is 57.1 Å². The van der Waals surface area contributed by atoms with Gasteiger partial charge in [-0.1, -0.05) is 0 Å². The zero-order chi connectivity index (χ0) is 23.0. The smallest absolute Gasteiger partial charge is 0.383 e. The summed E-state index contributed by atoms with van der Waals surface area (Å²) in [6.45, 7) is 4.54. The van der Waals surface area contributed by atoms with Crippen LogP contribution in [0.1, 0.15) is 56.3 Å². The molecule has 3 fully saturated rings. The molecule has 1 aliphatic heterocycles. The summed E-state index contributed by atoms with van der Waals surface area (Å²) in [6, 6.07) is 2.90. The highest BCUT2D eigenvalue weighted by atomic mass is 19.4. The first-order valence-electron chi connectivity index (χ1n) is 11.0. The van der Waals surface area contributed by atoms with Gasteiger partial charge in [-0.3, -0.25) is 9.58 Å². The number of rotatable bonds is 5. The molecule has 174 valence electrons. The molecule has 2 aliphatic carbocycles. The van der Waals surface area contributed by atoms with Crippen molar-refractivity contribution in [2.45, 2.75) is 63.2 Å². The number of fused-ring (bicyclic) bond motifs is 1. The van der Waals surface area contributed by atoms with Gasteiger partial charge in [0.15, 0.2) is 0 Å². The van der Waals surface area contributed by atoms with E-state index in [2.05, 4.69) is 10.1 Å². The third kappa shape index (κ3) is 3.38. The molecule has 5 nitrogen and oxygen atoms in total. The van der Waals surface area contributed by atoms with Crippen molar-refractivity contribution in [1.82, 2.24) is 19.7 Å². The summed E-state index contributed by atoms with van der Waals surface area (Å²) in [6.07, 6.45) is -2.83. The van der Waals surface area contributed by atoms with Gasteiger partial charge in [0.2, 0.25) is 0 Å². The predicted molar refractivity (Wildman–Crippen MR) is 109 cm³/mol. The summed E-state index contributed by atoms with van der Waals surface area (Å²) in [4.78, 5) is 5.67. The van der Waals surface area contributed by atoms with Crippen LogP contribution in [0.4, 0.5) is 27.8 Å². The fourth-order valence-corrected chi connectivity index (χ4v) is 5.96. The Kier molecular flexibility index (Phi) is 4.82. The standard InChI is InChI=1S/C22H26F5N5/c1-11(2)32-17(6-16(30-32)12-5-15(22(25,26)27)20(28)29-9-12)19-13-7-21(8-14(13)19)3-4-31(21)10-18(23)24/h5-6,9,11,13-14,18-19H,3-4,7-8,10H2,1-2H3,(H2,28,29)/t13-,14+,19+,21+. The van der Waals surface area contributed by atoms with Gasteiger partial charge in [-0.15, -0.1) is 0 Å². The van der Waals surface area contributed by atoms with Crippen LogP contribution in [-0.2, 0) is 6.18 Å². The fraction of sp³-hybridized carbons (Fsp3) is 0.636. The number of nitrogens with zero attached hydrogens (tertiary/aromatic N) is 4. The quantitative estimate of drug-likeness (QED) is 0.648. The van der Waals surface area contributed by atoms with Gasteiger partial charge in [0.25, 0.3) is 6.43 Å². The molecule has 2 N–H and O–H groups in total. The molecule has 32 heavy (non-hydrogen) atoms. The number of hydrogen-bond donors (Lipinski definition) is 1. The van der Waals surface area contributed by atoms with E-state index in [0.717, 1.165) is 37.6 Å². The molecule has 0 unspecified atom stereocenters. The van der Waals surface area contributed by atoms with E-state index in [4.69, 9.17) is 5.73 Å². The third-order valence-electron chi connectivity index (χ3n) is 7.55. The lowest BCUT2D eigenvalue weighted by Crippen LogP contribution is -2.60. The minimum Gasteiger partial charge on any atom is -0.383 e. The number of alkyl halides is 5. The Bertz CT molecular complexity index is 1020. The maximum Gasteiger partial charge on any atom is 0.419 e. The van der Waals surface area contributed by atoms with Gasteiger partial charge in [-0.2, -0.15) is 18.3 Å². The second-order valence-electron chi connectivity index (χ2n) is 9.72. The molecule has 0 radical (unpaired) electrons. The Morgan fingerprint density at radius 1 is 1.19 bits per heavy atom. The van der Waals surface area contributed by atoms with E-state index in [1.54, 1.807) is 0 Å². The maximum absolute atomic E-state index is 13.3. The molecule has 2 aromatic rings. The van der Waals surface area contributed by atoms with Crippen LogP contribution in [0.15, 0.2) is 18.3 Å². The molecule has 5 rings (SSSR count). The lowest BCUT2D eigenvalue weighted by molar-refractivity contribution is -0.137. The zero-order valence-corrected chi connectivity index (χ0v) is 17.9. The summed E-state index contributed by atoms with van der Waals surface area (Å²) in [5.41, 5.74) is 6.10. The van der Waals surface area contributed by atoms with Crippen molar-refractivity contribution in [3.63, 3.8) is 0 Å². The molecule has 1 spiro atoms. The van der Waals surface area contributed by atoms with Crippen molar-refractivity contribution < 1.29 is 22.0 Å². The van der Waals surface area contributed by atoms with Crippen LogP contribution in [0.5, 0.6) is 0 Å². The summed E-state index contributed by atoms with van der Waals surface area (Å²) in [5.74, 6) is 0.531. The second-order valence-corrected chi connectivity index (χ2v) is 9.72. The molecule has 0 amide bonds. The maximum atomic E-state index is 13.3. The largest absolute Gasteiger partial charge is 0.419 e. The molecule has 4 atom stereocenters. The topological polar surface area (TPSA) is 60.0 Å². The first-order valence-corrected chi connectivity index (χ1v) is 11.0. The Hall–Kier alpha value is -2.23. The number of aromatic nitrogens is 3. The highest BCUT2D eigenvalue weighted by molar-refractivity contribution is 5.63. The third-order valence-corrected chi connectivity index (χ3v) is 7.55. The molecule has 2 saturated carbocycles. The van der Waals surface area contributed by atoms with Crippen molar-refractivity contribution in [2.24, 2.45) is 11.8 Å². The van der Waals surface area contributed by atoms with Crippen LogP contribution < -0.4 is 5.73 Å². The lowest BCUT2D eigenvalue weighted by Gasteiger charge is -2.52. The van der Waals surface area contributed by atoms with Gasteiger partial charge in [0, 0.05) is 41.5 Å². The number of likely N-dealkylation sites (tertiary alicyclic amines) is 1. The van der Waals surface area contributed by atoms with Gasteiger partial charge >= 0.3 is 6.18 Å². The molecular weight excluding hydrogens is 429 g/mol. The number of halogens is 5. The van der Waals surface area contributed by atoms with Crippen LogP contribution in [-0.4, -0.2) is 44.7 Å². The van der Waals surface area contributed by atoms with E-state index in [0.29, 0.717) is 17.5 Å². The van der Waals surface area contributed by atoms with Crippen LogP contribution >= 0.6 is 0 Å². The molecule has 1 saturated heterocycles. The van der Waals surface area contributed by atoms with E-state index in [1.165, 1.54) is 6.20 Å². The van der Waals surface area contributed by atoms with Crippen LogP contribution in [0, 0.1) is 11.8 Å². The number of pyridine rings is 1. The average molecular weight is 455 g/mol. The minimum atomic E-state index is -4.59. The summed E-state index contributed by atoms with van der Waals surface area (Å²) >= 11 is 0. The van der Waals surface area contributed by atoms with Gasteiger partial charge in [-0.25, -0.2) is 13.8 Å². The Morgan fingerprint density at radius 2 is 1.88 bits per heavy atom. The average Bonchev–Trinajstić information content (AvgIpc) is 3.07. The predicted octanol–water partition coefficient (Wildman–Crippen LogP) is 4.96.